The molecule has 3 nitrogen and oxygen atoms in total. The normalized spacial score (nSPS) is 17.7. The number of benzene rings is 1. The lowest BCUT2D eigenvalue weighted by atomic mass is 9.72. The van der Waals surface area contributed by atoms with Gasteiger partial charge in [-0.2, -0.15) is 5.26 Å². The Morgan fingerprint density at radius 3 is 2.83 bits per heavy atom. The summed E-state index contributed by atoms with van der Waals surface area (Å²) in [5, 5.41) is 19.9. The third-order valence-electron chi connectivity index (χ3n) is 4.78. The van der Waals surface area contributed by atoms with Crippen molar-refractivity contribution in [2.75, 3.05) is 0 Å². The van der Waals surface area contributed by atoms with Crippen molar-refractivity contribution in [2.24, 2.45) is 16.3 Å². The molecule has 0 bridgehead atoms. The van der Waals surface area contributed by atoms with Crippen molar-refractivity contribution in [2.45, 2.75) is 40.0 Å². The van der Waals surface area contributed by atoms with Gasteiger partial charge in [0.15, 0.2) is 0 Å². The summed E-state index contributed by atoms with van der Waals surface area (Å²) in [4.78, 5) is 5.86. The summed E-state index contributed by atoms with van der Waals surface area (Å²) in [5.41, 5.74) is 3.06. The summed E-state index contributed by atoms with van der Waals surface area (Å²) in [6, 6.07) is 9.33. The molecule has 0 radical (unpaired) electrons. The molecule has 1 aliphatic rings. The second-order valence-electron chi connectivity index (χ2n) is 7.45. The molecule has 1 heterocycles. The van der Waals surface area contributed by atoms with E-state index in [1.54, 1.807) is 35.8 Å². The van der Waals surface area contributed by atoms with Gasteiger partial charge in [0, 0.05) is 11.1 Å². The second-order valence-corrected chi connectivity index (χ2v) is 8.54. The first-order valence-electron chi connectivity index (χ1n) is 8.26. The number of hydrogen-bond acceptors (Lipinski definition) is 4. The molecular formula is C20H22N2OS. The van der Waals surface area contributed by atoms with E-state index in [2.05, 4.69) is 31.8 Å². The molecule has 0 saturated carbocycles. The maximum absolute atomic E-state index is 9.57. The van der Waals surface area contributed by atoms with Gasteiger partial charge in [0.2, 0.25) is 0 Å². The molecule has 0 amide bonds. The van der Waals surface area contributed by atoms with Crippen molar-refractivity contribution < 1.29 is 5.11 Å². The Hall–Kier alpha value is -2.12. The minimum absolute atomic E-state index is 0.220. The number of aromatic hydroxyl groups is 1. The molecule has 1 aromatic heterocycles. The summed E-state index contributed by atoms with van der Waals surface area (Å²) in [7, 11) is 0. The quantitative estimate of drug-likeness (QED) is 0.763. The number of nitrogens with zero attached hydrogens (tertiary/aromatic N) is 2. The number of thiophene rings is 1. The Morgan fingerprint density at radius 2 is 2.17 bits per heavy atom. The van der Waals surface area contributed by atoms with E-state index in [9.17, 15) is 10.4 Å². The number of phenolic OH excluding ortho intramolecular Hbond substituents is 1. The Bertz CT molecular complexity index is 821. The largest absolute Gasteiger partial charge is 0.508 e. The molecule has 0 fully saturated rings. The summed E-state index contributed by atoms with van der Waals surface area (Å²) in [6.45, 7) is 6.88. The summed E-state index contributed by atoms with van der Waals surface area (Å²) >= 11 is 1.65. The number of rotatable bonds is 2. The molecule has 1 aromatic carbocycles. The first kappa shape index (κ1) is 16.7. The third-order valence-corrected chi connectivity index (χ3v) is 5.95. The van der Waals surface area contributed by atoms with Crippen LogP contribution >= 0.6 is 11.3 Å². The lowest BCUT2D eigenvalue weighted by Crippen LogP contribution is -2.26. The summed E-state index contributed by atoms with van der Waals surface area (Å²) in [5.74, 6) is 0.871. The topological polar surface area (TPSA) is 56.4 Å². The highest BCUT2D eigenvalue weighted by atomic mass is 32.1. The number of fused-ring (bicyclic) bond motifs is 1. The first-order valence-corrected chi connectivity index (χ1v) is 9.08. The van der Waals surface area contributed by atoms with E-state index in [0.717, 1.165) is 35.4 Å². The Labute approximate surface area is 147 Å². The van der Waals surface area contributed by atoms with Gasteiger partial charge in [-0.25, -0.2) is 4.99 Å². The smallest absolute Gasteiger partial charge is 0.134 e. The van der Waals surface area contributed by atoms with Crippen molar-refractivity contribution in [3.05, 3.63) is 45.8 Å². The highest BCUT2D eigenvalue weighted by Gasteiger charge is 2.32. The lowest BCUT2D eigenvalue weighted by Gasteiger charge is -2.33. The lowest BCUT2D eigenvalue weighted by molar-refractivity contribution is 0.218. The van der Waals surface area contributed by atoms with E-state index >= 15 is 0 Å². The average Bonchev–Trinajstić information content (AvgIpc) is 2.88. The molecule has 0 spiro atoms. The zero-order valence-corrected chi connectivity index (χ0v) is 15.2. The fourth-order valence-corrected chi connectivity index (χ4v) is 4.48. The van der Waals surface area contributed by atoms with Gasteiger partial charge in [-0.15, -0.1) is 11.3 Å². The highest BCUT2D eigenvalue weighted by Crippen LogP contribution is 2.44. The van der Waals surface area contributed by atoms with Crippen molar-refractivity contribution >= 4 is 22.6 Å². The van der Waals surface area contributed by atoms with Crippen LogP contribution in [0, 0.1) is 22.7 Å². The summed E-state index contributed by atoms with van der Waals surface area (Å²) < 4.78 is 0. The van der Waals surface area contributed by atoms with Gasteiger partial charge in [-0.3, -0.25) is 0 Å². The number of phenols is 1. The fourth-order valence-electron chi connectivity index (χ4n) is 3.26. The van der Waals surface area contributed by atoms with Crippen molar-refractivity contribution in [1.29, 1.82) is 5.26 Å². The first-order chi connectivity index (χ1) is 11.4. The van der Waals surface area contributed by atoms with Crippen LogP contribution in [0.25, 0.3) is 0 Å². The fraction of sp³-hybridized carbons (Fsp3) is 0.400. The molecule has 124 valence electrons. The van der Waals surface area contributed by atoms with Crippen LogP contribution in [0.3, 0.4) is 0 Å². The van der Waals surface area contributed by atoms with Gasteiger partial charge < -0.3 is 5.11 Å². The Morgan fingerprint density at radius 1 is 1.38 bits per heavy atom. The van der Waals surface area contributed by atoms with Gasteiger partial charge in [0.25, 0.3) is 0 Å². The molecule has 4 heteroatoms. The third kappa shape index (κ3) is 3.37. The second kappa shape index (κ2) is 6.41. The zero-order valence-electron chi connectivity index (χ0n) is 14.3. The molecule has 24 heavy (non-hydrogen) atoms. The van der Waals surface area contributed by atoms with Gasteiger partial charge in [-0.1, -0.05) is 32.9 Å². The highest BCUT2D eigenvalue weighted by molar-refractivity contribution is 7.16. The van der Waals surface area contributed by atoms with Crippen molar-refractivity contribution in [1.82, 2.24) is 0 Å². The number of nitriles is 1. The standard InChI is InChI=1S/C20H22N2OS/c1-20(2,3)14-7-8-16-17(11-21)19(24-18(16)10-14)22-12-13-5-4-6-15(23)9-13/h4-6,9,12,14,23H,7-8,10H2,1-3H3/t14-/m1/s1. The molecule has 1 atom stereocenters. The molecule has 0 aliphatic heterocycles. The molecule has 3 rings (SSSR count). The van der Waals surface area contributed by atoms with Crippen LogP contribution in [0.15, 0.2) is 29.3 Å². The van der Waals surface area contributed by atoms with E-state index in [1.807, 2.05) is 6.07 Å². The van der Waals surface area contributed by atoms with Crippen LogP contribution < -0.4 is 0 Å². The molecular weight excluding hydrogens is 316 g/mol. The summed E-state index contributed by atoms with van der Waals surface area (Å²) in [6.07, 6.45) is 4.87. The number of aliphatic imine (C=N–C) groups is 1. The zero-order chi connectivity index (χ0) is 17.3. The molecule has 0 unspecified atom stereocenters. The maximum Gasteiger partial charge on any atom is 0.134 e. The van der Waals surface area contributed by atoms with Gasteiger partial charge in [0.05, 0.1) is 5.56 Å². The number of hydrogen-bond donors (Lipinski definition) is 1. The molecule has 1 aliphatic carbocycles. The molecule has 0 saturated heterocycles. The van der Waals surface area contributed by atoms with E-state index in [4.69, 9.17) is 0 Å². The van der Waals surface area contributed by atoms with Crippen molar-refractivity contribution in [3.8, 4) is 11.8 Å². The van der Waals surface area contributed by atoms with E-state index < -0.39 is 0 Å². The van der Waals surface area contributed by atoms with Crippen LogP contribution in [-0.4, -0.2) is 11.3 Å². The van der Waals surface area contributed by atoms with Gasteiger partial charge in [0.1, 0.15) is 16.8 Å². The SMILES string of the molecule is CC(C)(C)[C@@H]1CCc2c(sc(N=Cc3cccc(O)c3)c2C#N)C1. The minimum Gasteiger partial charge on any atom is -0.508 e. The maximum atomic E-state index is 9.57. The molecule has 1 N–H and O–H groups in total. The van der Waals surface area contributed by atoms with Crippen LogP contribution in [-0.2, 0) is 12.8 Å². The van der Waals surface area contributed by atoms with Crippen LogP contribution in [0.4, 0.5) is 5.00 Å². The van der Waals surface area contributed by atoms with Crippen LogP contribution in [0.5, 0.6) is 5.75 Å². The van der Waals surface area contributed by atoms with E-state index in [1.165, 1.54) is 10.4 Å². The Balaban J connectivity index is 1.91. The monoisotopic (exact) mass is 338 g/mol. The molecule has 2 aromatic rings. The minimum atomic E-state index is 0.220. The average molecular weight is 338 g/mol. The van der Waals surface area contributed by atoms with E-state index in [0.29, 0.717) is 11.3 Å². The van der Waals surface area contributed by atoms with Gasteiger partial charge in [-0.05, 0) is 53.9 Å². The Kier molecular flexibility index (Phi) is 4.47. The van der Waals surface area contributed by atoms with E-state index in [-0.39, 0.29) is 5.75 Å². The van der Waals surface area contributed by atoms with Crippen LogP contribution in [0.2, 0.25) is 0 Å². The predicted molar refractivity (Wildman–Crippen MR) is 99.4 cm³/mol. The van der Waals surface area contributed by atoms with Gasteiger partial charge >= 0.3 is 0 Å². The van der Waals surface area contributed by atoms with Crippen molar-refractivity contribution in [3.63, 3.8) is 0 Å². The predicted octanol–water partition coefficient (Wildman–Crippen LogP) is 5.23. The van der Waals surface area contributed by atoms with Crippen LogP contribution in [0.1, 0.15) is 48.8 Å².